The summed E-state index contributed by atoms with van der Waals surface area (Å²) in [6.45, 7) is 4.52. The van der Waals surface area contributed by atoms with Gasteiger partial charge in [-0.15, -0.1) is 0 Å². The lowest BCUT2D eigenvalue weighted by Crippen LogP contribution is -2.30. The molecule has 1 unspecified atom stereocenters. The Morgan fingerprint density at radius 3 is 2.70 bits per heavy atom. The molecule has 1 aliphatic heterocycles. The van der Waals surface area contributed by atoms with Gasteiger partial charge in [-0.3, -0.25) is 9.36 Å². The summed E-state index contributed by atoms with van der Waals surface area (Å²) in [4.78, 5) is 28.0. The molecule has 0 spiro atoms. The van der Waals surface area contributed by atoms with Crippen LogP contribution in [-0.2, 0) is 17.8 Å². The predicted octanol–water partition coefficient (Wildman–Crippen LogP) is 2.04. The Balaban J connectivity index is 1.86. The SMILES string of the molecule is Cc1cc(C)cc(CNc2ncc3n(c2=O)C(C(=O)O)CC3)c1. The number of hydrogen-bond acceptors (Lipinski definition) is 4. The Morgan fingerprint density at radius 1 is 1.35 bits per heavy atom. The predicted molar refractivity (Wildman–Crippen MR) is 86.7 cm³/mol. The third kappa shape index (κ3) is 2.97. The molecule has 2 aromatic rings. The van der Waals surface area contributed by atoms with E-state index in [2.05, 4.69) is 16.4 Å². The second-order valence-electron chi connectivity index (χ2n) is 6.02. The zero-order valence-electron chi connectivity index (χ0n) is 13.2. The number of aryl methyl sites for hydroxylation is 3. The number of benzene rings is 1. The van der Waals surface area contributed by atoms with Crippen molar-refractivity contribution in [1.82, 2.24) is 9.55 Å². The Labute approximate surface area is 133 Å². The first-order chi connectivity index (χ1) is 11.0. The number of carbonyl (C=O) groups is 1. The molecule has 3 rings (SSSR count). The van der Waals surface area contributed by atoms with E-state index in [0.717, 1.165) is 16.7 Å². The van der Waals surface area contributed by atoms with E-state index < -0.39 is 12.0 Å². The van der Waals surface area contributed by atoms with Crippen LogP contribution in [0.1, 0.15) is 34.8 Å². The number of carboxylic acid groups (broad SMARTS) is 1. The molecule has 0 fully saturated rings. The van der Waals surface area contributed by atoms with Crippen LogP contribution in [0.2, 0.25) is 0 Å². The summed E-state index contributed by atoms with van der Waals surface area (Å²) in [6, 6.07) is 5.39. The summed E-state index contributed by atoms with van der Waals surface area (Å²) < 4.78 is 1.35. The smallest absolute Gasteiger partial charge is 0.326 e. The Hall–Kier alpha value is -2.63. The van der Waals surface area contributed by atoms with Crippen LogP contribution in [0.4, 0.5) is 5.82 Å². The molecule has 23 heavy (non-hydrogen) atoms. The first-order valence-electron chi connectivity index (χ1n) is 7.60. The first kappa shape index (κ1) is 15.3. The molecule has 2 heterocycles. The summed E-state index contributed by atoms with van der Waals surface area (Å²) in [6.07, 6.45) is 2.59. The minimum Gasteiger partial charge on any atom is -0.480 e. The second kappa shape index (κ2) is 5.87. The minimum atomic E-state index is -0.975. The summed E-state index contributed by atoms with van der Waals surface area (Å²) in [5.74, 6) is -0.779. The van der Waals surface area contributed by atoms with E-state index in [4.69, 9.17) is 0 Å². The molecule has 120 valence electrons. The number of nitrogens with zero attached hydrogens (tertiary/aromatic N) is 2. The van der Waals surface area contributed by atoms with Crippen LogP contribution in [0, 0.1) is 13.8 Å². The summed E-state index contributed by atoms with van der Waals surface area (Å²) in [7, 11) is 0. The highest BCUT2D eigenvalue weighted by atomic mass is 16.4. The maximum atomic E-state index is 12.5. The van der Waals surface area contributed by atoms with Crippen LogP contribution in [0.25, 0.3) is 0 Å². The minimum absolute atomic E-state index is 0.195. The van der Waals surface area contributed by atoms with Gasteiger partial charge in [0, 0.05) is 18.4 Å². The number of carboxylic acids is 1. The molecule has 0 bridgehead atoms. The molecule has 0 saturated heterocycles. The zero-order valence-corrected chi connectivity index (χ0v) is 13.2. The van der Waals surface area contributed by atoms with Crippen molar-refractivity contribution in [2.45, 2.75) is 39.3 Å². The van der Waals surface area contributed by atoms with Gasteiger partial charge in [-0.25, -0.2) is 9.78 Å². The largest absolute Gasteiger partial charge is 0.480 e. The van der Waals surface area contributed by atoms with Gasteiger partial charge in [-0.05, 0) is 32.3 Å². The Bertz CT molecular complexity index is 806. The van der Waals surface area contributed by atoms with Crippen molar-refractivity contribution < 1.29 is 9.90 Å². The third-order valence-electron chi connectivity index (χ3n) is 4.09. The highest BCUT2D eigenvalue weighted by Gasteiger charge is 2.30. The maximum absolute atomic E-state index is 12.5. The van der Waals surface area contributed by atoms with E-state index in [1.165, 1.54) is 4.57 Å². The van der Waals surface area contributed by atoms with Crippen LogP contribution in [-0.4, -0.2) is 20.6 Å². The molecular formula is C17H19N3O3. The standard InChI is InChI=1S/C17H19N3O3/c1-10-5-11(2)7-12(6-10)8-18-15-16(21)20-13(9-19-15)3-4-14(20)17(22)23/h5-7,9,14H,3-4,8H2,1-2H3,(H,18,19)(H,22,23). The molecule has 1 aliphatic rings. The van der Waals surface area contributed by atoms with E-state index in [0.29, 0.717) is 25.1 Å². The molecule has 0 saturated carbocycles. The van der Waals surface area contributed by atoms with E-state index in [1.54, 1.807) is 6.20 Å². The molecule has 0 radical (unpaired) electrons. The van der Waals surface area contributed by atoms with E-state index >= 15 is 0 Å². The molecule has 1 aromatic heterocycles. The quantitative estimate of drug-likeness (QED) is 0.902. The van der Waals surface area contributed by atoms with Crippen molar-refractivity contribution in [3.05, 3.63) is 57.1 Å². The maximum Gasteiger partial charge on any atom is 0.326 e. The average molecular weight is 313 g/mol. The molecule has 6 nitrogen and oxygen atoms in total. The van der Waals surface area contributed by atoms with Crippen molar-refractivity contribution in [2.75, 3.05) is 5.32 Å². The number of hydrogen-bond donors (Lipinski definition) is 2. The van der Waals surface area contributed by atoms with Crippen LogP contribution in [0.3, 0.4) is 0 Å². The van der Waals surface area contributed by atoms with Gasteiger partial charge >= 0.3 is 5.97 Å². The van der Waals surface area contributed by atoms with Crippen molar-refractivity contribution >= 4 is 11.8 Å². The average Bonchev–Trinajstić information content (AvgIpc) is 2.90. The van der Waals surface area contributed by atoms with Gasteiger partial charge in [0.1, 0.15) is 6.04 Å². The van der Waals surface area contributed by atoms with Crippen LogP contribution in [0.5, 0.6) is 0 Å². The molecule has 1 aromatic carbocycles. The lowest BCUT2D eigenvalue weighted by atomic mass is 10.1. The zero-order chi connectivity index (χ0) is 16.6. The van der Waals surface area contributed by atoms with Gasteiger partial charge in [0.2, 0.25) is 0 Å². The van der Waals surface area contributed by atoms with Crippen molar-refractivity contribution in [3.8, 4) is 0 Å². The molecular weight excluding hydrogens is 294 g/mol. The normalized spacial score (nSPS) is 16.2. The van der Waals surface area contributed by atoms with Crippen molar-refractivity contribution in [2.24, 2.45) is 0 Å². The molecule has 1 atom stereocenters. The molecule has 6 heteroatoms. The number of aliphatic carboxylic acids is 1. The highest BCUT2D eigenvalue weighted by Crippen LogP contribution is 2.23. The van der Waals surface area contributed by atoms with E-state index in [-0.39, 0.29) is 11.4 Å². The lowest BCUT2D eigenvalue weighted by molar-refractivity contribution is -0.140. The first-order valence-corrected chi connectivity index (χ1v) is 7.60. The molecule has 0 amide bonds. The summed E-state index contributed by atoms with van der Waals surface area (Å²) in [5, 5.41) is 12.3. The van der Waals surface area contributed by atoms with Gasteiger partial charge in [0.25, 0.3) is 5.56 Å². The van der Waals surface area contributed by atoms with Crippen molar-refractivity contribution in [1.29, 1.82) is 0 Å². The van der Waals surface area contributed by atoms with Gasteiger partial charge < -0.3 is 10.4 Å². The fourth-order valence-corrected chi connectivity index (χ4v) is 3.15. The summed E-state index contributed by atoms with van der Waals surface area (Å²) in [5.41, 5.74) is 3.69. The molecule has 2 N–H and O–H groups in total. The number of rotatable bonds is 4. The van der Waals surface area contributed by atoms with E-state index in [9.17, 15) is 14.7 Å². The molecule has 0 aliphatic carbocycles. The summed E-state index contributed by atoms with van der Waals surface area (Å²) >= 11 is 0. The Morgan fingerprint density at radius 2 is 2.04 bits per heavy atom. The van der Waals surface area contributed by atoms with Crippen LogP contribution < -0.4 is 10.9 Å². The van der Waals surface area contributed by atoms with E-state index in [1.807, 2.05) is 26.0 Å². The monoisotopic (exact) mass is 313 g/mol. The van der Waals surface area contributed by atoms with Gasteiger partial charge in [-0.2, -0.15) is 0 Å². The third-order valence-corrected chi connectivity index (χ3v) is 4.09. The fraction of sp³-hybridized carbons (Fsp3) is 0.353. The number of anilines is 1. The van der Waals surface area contributed by atoms with Gasteiger partial charge in [0.05, 0.1) is 0 Å². The second-order valence-corrected chi connectivity index (χ2v) is 6.02. The lowest BCUT2D eigenvalue weighted by Gasteiger charge is -2.12. The van der Waals surface area contributed by atoms with Crippen LogP contribution in [0.15, 0.2) is 29.2 Å². The number of fused-ring (bicyclic) bond motifs is 1. The number of nitrogens with one attached hydrogen (secondary N) is 1. The van der Waals surface area contributed by atoms with Crippen molar-refractivity contribution in [3.63, 3.8) is 0 Å². The fourth-order valence-electron chi connectivity index (χ4n) is 3.15. The van der Waals surface area contributed by atoms with Gasteiger partial charge in [0.15, 0.2) is 5.82 Å². The van der Waals surface area contributed by atoms with Crippen LogP contribution >= 0.6 is 0 Å². The topological polar surface area (TPSA) is 84.2 Å². The number of aromatic nitrogens is 2. The van der Waals surface area contributed by atoms with Gasteiger partial charge in [-0.1, -0.05) is 29.3 Å². The Kier molecular flexibility index (Phi) is 3.90. The highest BCUT2D eigenvalue weighted by molar-refractivity contribution is 5.72.